The van der Waals surface area contributed by atoms with Gasteiger partial charge in [0.15, 0.2) is 0 Å². The molecule has 2 aliphatic rings. The van der Waals surface area contributed by atoms with Gasteiger partial charge in [0.25, 0.3) is 10.0 Å². The Labute approximate surface area is 301 Å². The normalized spacial score (nSPS) is 20.9. The number of sulfonamides is 1. The highest BCUT2D eigenvalue weighted by atomic mass is 32.2. The molecule has 0 radical (unpaired) electrons. The Hall–Kier alpha value is -4.23. The smallest absolute Gasteiger partial charge is 0.407 e. The van der Waals surface area contributed by atoms with Crippen LogP contribution >= 0.6 is 0 Å². The quantitative estimate of drug-likeness (QED) is 0.155. The van der Waals surface area contributed by atoms with Crippen LogP contribution in [0, 0.1) is 24.7 Å². The predicted molar refractivity (Wildman–Crippen MR) is 195 cm³/mol. The van der Waals surface area contributed by atoms with Crippen molar-refractivity contribution in [1.29, 1.82) is 0 Å². The van der Waals surface area contributed by atoms with Crippen LogP contribution in [0.25, 0.3) is 11.3 Å². The number of aromatic carboxylic acids is 1. The van der Waals surface area contributed by atoms with Crippen LogP contribution in [-0.2, 0) is 14.8 Å². The molecule has 1 amide bonds. The standard InChI is InChI=1S/C38H51N5O7S/c1-23-11-9-12-24(2)32(23)30-16-31(42-34(41-30)43-51(47,48)29-14-10-13-25(15-29)33(44)45)49-22-28(17-36(3,4)5)39-26-18-38(19-26)20-27(21-38)40-35(46)50-37(6,7)8/h9-16,26-28,39H,17-22H2,1-8H3,(H,40,46)(H,44,45)(H,41,42,43). The molecule has 5 rings (SSSR count). The third-order valence-electron chi connectivity index (χ3n) is 9.26. The lowest BCUT2D eigenvalue weighted by atomic mass is 9.52. The average Bonchev–Trinajstić information content (AvgIpc) is 2.95. The van der Waals surface area contributed by atoms with Crippen molar-refractivity contribution in [1.82, 2.24) is 20.6 Å². The molecule has 0 saturated heterocycles. The van der Waals surface area contributed by atoms with Crippen molar-refractivity contribution in [3.63, 3.8) is 0 Å². The molecular weight excluding hydrogens is 671 g/mol. The van der Waals surface area contributed by atoms with E-state index in [1.807, 2.05) is 52.8 Å². The second-order valence-corrected chi connectivity index (χ2v) is 18.1. The number of ether oxygens (including phenoxy) is 2. The number of hydrogen-bond acceptors (Lipinski definition) is 9. The van der Waals surface area contributed by atoms with Gasteiger partial charge in [-0.05, 0) is 107 Å². The van der Waals surface area contributed by atoms with Crippen LogP contribution in [0.4, 0.5) is 10.7 Å². The summed E-state index contributed by atoms with van der Waals surface area (Å²) in [6, 6.07) is 13.1. The topological polar surface area (TPSA) is 169 Å². The second kappa shape index (κ2) is 14.4. The Morgan fingerprint density at radius 2 is 1.57 bits per heavy atom. The number of nitrogens with zero attached hydrogens (tertiary/aromatic N) is 2. The molecule has 0 aliphatic heterocycles. The fourth-order valence-corrected chi connectivity index (χ4v) is 8.28. The van der Waals surface area contributed by atoms with Gasteiger partial charge in [-0.3, -0.25) is 0 Å². The minimum atomic E-state index is -4.24. The van der Waals surface area contributed by atoms with Crippen LogP contribution in [0.5, 0.6) is 5.88 Å². The summed E-state index contributed by atoms with van der Waals surface area (Å²) in [5.74, 6) is -1.22. The number of carboxylic acid groups (broad SMARTS) is 1. The van der Waals surface area contributed by atoms with Crippen LogP contribution in [0.3, 0.4) is 0 Å². The number of rotatable bonds is 12. The Bertz CT molecular complexity index is 1850. The van der Waals surface area contributed by atoms with E-state index in [4.69, 9.17) is 9.47 Å². The van der Waals surface area contributed by atoms with E-state index in [1.165, 1.54) is 18.2 Å². The molecule has 2 aromatic carbocycles. The minimum Gasteiger partial charge on any atom is -0.478 e. The highest BCUT2D eigenvalue weighted by Gasteiger charge is 2.53. The molecule has 4 N–H and O–H groups in total. The SMILES string of the molecule is Cc1cccc(C)c1-c1cc(OCC(CC(C)(C)C)NC2CC3(CC(NC(=O)OC(C)(C)C)C3)C2)nc(NS(=O)(=O)c2cccc(C(=O)O)c2)n1. The number of benzene rings is 2. The van der Waals surface area contributed by atoms with Crippen molar-refractivity contribution in [2.45, 2.75) is 116 Å². The summed E-state index contributed by atoms with van der Waals surface area (Å²) in [5, 5.41) is 16.2. The minimum absolute atomic E-state index is 0.00173. The van der Waals surface area contributed by atoms with Gasteiger partial charge in [-0.15, -0.1) is 0 Å². The number of aromatic nitrogens is 2. The Balaban J connectivity index is 1.31. The van der Waals surface area contributed by atoms with E-state index in [2.05, 4.69) is 46.1 Å². The lowest BCUT2D eigenvalue weighted by Gasteiger charge is -2.58. The zero-order chi connectivity index (χ0) is 37.4. The summed E-state index contributed by atoms with van der Waals surface area (Å²) >= 11 is 0. The summed E-state index contributed by atoms with van der Waals surface area (Å²) in [6.07, 6.45) is 4.36. The number of carbonyl (C=O) groups is 2. The average molecular weight is 722 g/mol. The van der Waals surface area contributed by atoms with Gasteiger partial charge in [-0.25, -0.2) is 27.7 Å². The van der Waals surface area contributed by atoms with Crippen LogP contribution in [0.1, 0.15) is 95.1 Å². The van der Waals surface area contributed by atoms with Gasteiger partial charge in [-0.1, -0.05) is 45.0 Å². The summed E-state index contributed by atoms with van der Waals surface area (Å²) < 4.78 is 41.0. The number of anilines is 1. The Morgan fingerprint density at radius 3 is 2.18 bits per heavy atom. The van der Waals surface area contributed by atoms with Crippen LogP contribution in [-0.4, -0.2) is 65.9 Å². The number of alkyl carbamates (subject to hydrolysis) is 1. The first-order chi connectivity index (χ1) is 23.7. The summed E-state index contributed by atoms with van der Waals surface area (Å²) in [7, 11) is -4.24. The van der Waals surface area contributed by atoms with Crippen molar-refractivity contribution in [3.05, 3.63) is 65.2 Å². The lowest BCUT2D eigenvalue weighted by Crippen LogP contribution is -2.62. The molecule has 2 saturated carbocycles. The Kier molecular flexibility index (Phi) is 10.7. The maximum atomic E-state index is 13.4. The monoisotopic (exact) mass is 721 g/mol. The van der Waals surface area contributed by atoms with Crippen LogP contribution in [0.2, 0.25) is 0 Å². The van der Waals surface area contributed by atoms with Gasteiger partial charge >= 0.3 is 12.1 Å². The fraction of sp³-hybridized carbons (Fsp3) is 0.526. The number of carbonyl (C=O) groups excluding carboxylic acids is 1. The molecular formula is C38H51N5O7S. The van der Waals surface area contributed by atoms with E-state index in [0.717, 1.165) is 54.9 Å². The zero-order valence-corrected chi connectivity index (χ0v) is 31.6. The maximum Gasteiger partial charge on any atom is 0.407 e. The maximum absolute atomic E-state index is 13.4. The number of amides is 1. The highest BCUT2D eigenvalue weighted by molar-refractivity contribution is 7.92. The molecule has 1 aromatic heterocycles. The summed E-state index contributed by atoms with van der Waals surface area (Å²) in [5.41, 5.74) is 2.78. The molecule has 51 heavy (non-hydrogen) atoms. The van der Waals surface area contributed by atoms with Gasteiger partial charge < -0.3 is 25.2 Å². The molecule has 1 heterocycles. The molecule has 1 spiro atoms. The largest absolute Gasteiger partial charge is 0.478 e. The zero-order valence-electron chi connectivity index (χ0n) is 30.8. The van der Waals surface area contributed by atoms with Gasteiger partial charge in [-0.2, -0.15) is 4.98 Å². The van der Waals surface area contributed by atoms with E-state index in [9.17, 15) is 23.1 Å². The first-order valence-electron chi connectivity index (χ1n) is 17.4. The van der Waals surface area contributed by atoms with Crippen LogP contribution < -0.4 is 20.1 Å². The second-order valence-electron chi connectivity index (χ2n) is 16.4. The fourth-order valence-electron chi connectivity index (χ4n) is 7.29. The number of carboxylic acids is 1. The first-order valence-corrected chi connectivity index (χ1v) is 18.9. The van der Waals surface area contributed by atoms with E-state index >= 15 is 0 Å². The lowest BCUT2D eigenvalue weighted by molar-refractivity contribution is -0.0382. The van der Waals surface area contributed by atoms with Crippen molar-refractivity contribution in [2.24, 2.45) is 10.8 Å². The van der Waals surface area contributed by atoms with Crippen LogP contribution in [0.15, 0.2) is 53.4 Å². The molecule has 0 bridgehead atoms. The number of hydrogen-bond donors (Lipinski definition) is 4. The Morgan fingerprint density at radius 1 is 0.941 bits per heavy atom. The van der Waals surface area contributed by atoms with E-state index in [-0.39, 0.29) is 51.3 Å². The van der Waals surface area contributed by atoms with E-state index in [1.54, 1.807) is 6.07 Å². The highest BCUT2D eigenvalue weighted by Crippen LogP contribution is 2.56. The molecule has 12 nitrogen and oxygen atoms in total. The van der Waals surface area contributed by atoms with Crippen molar-refractivity contribution in [2.75, 3.05) is 11.3 Å². The molecule has 1 atom stereocenters. The van der Waals surface area contributed by atoms with E-state index < -0.39 is 21.6 Å². The third kappa shape index (κ3) is 9.97. The first kappa shape index (κ1) is 38.0. The van der Waals surface area contributed by atoms with Gasteiger partial charge in [0, 0.05) is 29.8 Å². The molecule has 13 heteroatoms. The summed E-state index contributed by atoms with van der Waals surface area (Å²) in [4.78, 5) is 32.5. The number of nitrogens with one attached hydrogen (secondary N) is 3. The molecule has 276 valence electrons. The molecule has 2 fully saturated rings. The molecule has 3 aromatic rings. The van der Waals surface area contributed by atoms with Gasteiger partial charge in [0.2, 0.25) is 11.8 Å². The van der Waals surface area contributed by atoms with E-state index in [0.29, 0.717) is 18.3 Å². The molecule has 2 aliphatic carbocycles. The number of aryl methyl sites for hydroxylation is 2. The van der Waals surface area contributed by atoms with Crippen molar-refractivity contribution in [3.8, 4) is 17.1 Å². The van der Waals surface area contributed by atoms with Gasteiger partial charge in [0.1, 0.15) is 12.2 Å². The predicted octanol–water partition coefficient (Wildman–Crippen LogP) is 6.87. The van der Waals surface area contributed by atoms with Gasteiger partial charge in [0.05, 0.1) is 16.2 Å². The van der Waals surface area contributed by atoms with Crippen molar-refractivity contribution < 1.29 is 32.6 Å². The molecule has 1 unspecified atom stereocenters. The van der Waals surface area contributed by atoms with Crippen molar-refractivity contribution >= 4 is 28.0 Å². The third-order valence-corrected chi connectivity index (χ3v) is 10.6. The summed E-state index contributed by atoms with van der Waals surface area (Å²) in [6.45, 7) is 16.3.